The summed E-state index contributed by atoms with van der Waals surface area (Å²) in [7, 11) is 0. The van der Waals surface area contributed by atoms with Crippen molar-refractivity contribution in [1.29, 1.82) is 0 Å². The quantitative estimate of drug-likeness (QED) is 0.729. The molecule has 18 heavy (non-hydrogen) atoms. The highest BCUT2D eigenvalue weighted by atomic mass is 16.1. The standard InChI is InChI=1S/C14H23N3O/c1-2-3-9-17(11-14(16)18)13(10-15)12-7-5-4-6-8-12/h4-8,13H,2-3,9-11,15H2,1H3,(H2,16,18). The van der Waals surface area contributed by atoms with Crippen molar-refractivity contribution in [1.82, 2.24) is 4.90 Å². The Morgan fingerprint density at radius 3 is 2.50 bits per heavy atom. The second-order valence-corrected chi connectivity index (χ2v) is 4.45. The van der Waals surface area contributed by atoms with Crippen LogP contribution in [0.1, 0.15) is 31.4 Å². The van der Waals surface area contributed by atoms with Gasteiger partial charge in [-0.1, -0.05) is 43.7 Å². The summed E-state index contributed by atoms with van der Waals surface area (Å²) in [6.07, 6.45) is 2.12. The van der Waals surface area contributed by atoms with Crippen molar-refractivity contribution >= 4 is 5.91 Å². The lowest BCUT2D eigenvalue weighted by atomic mass is 10.0. The molecule has 1 unspecified atom stereocenters. The molecule has 0 aliphatic heterocycles. The van der Waals surface area contributed by atoms with Gasteiger partial charge < -0.3 is 11.5 Å². The maximum atomic E-state index is 11.2. The highest BCUT2D eigenvalue weighted by Crippen LogP contribution is 2.19. The molecule has 0 aliphatic carbocycles. The monoisotopic (exact) mass is 249 g/mol. The van der Waals surface area contributed by atoms with Crippen molar-refractivity contribution in [2.45, 2.75) is 25.8 Å². The number of primary amides is 1. The van der Waals surface area contributed by atoms with Gasteiger partial charge in [-0.25, -0.2) is 0 Å². The Hall–Kier alpha value is -1.39. The van der Waals surface area contributed by atoms with Crippen LogP contribution in [0.2, 0.25) is 0 Å². The summed E-state index contributed by atoms with van der Waals surface area (Å²) in [5.74, 6) is -0.305. The summed E-state index contributed by atoms with van der Waals surface area (Å²) < 4.78 is 0. The van der Waals surface area contributed by atoms with Crippen molar-refractivity contribution < 1.29 is 4.79 Å². The molecule has 0 radical (unpaired) electrons. The predicted molar refractivity (Wildman–Crippen MR) is 73.9 cm³/mol. The van der Waals surface area contributed by atoms with E-state index >= 15 is 0 Å². The molecule has 1 rings (SSSR count). The molecule has 0 heterocycles. The van der Waals surface area contributed by atoms with Gasteiger partial charge in [-0.15, -0.1) is 0 Å². The smallest absolute Gasteiger partial charge is 0.231 e. The topological polar surface area (TPSA) is 72.3 Å². The minimum Gasteiger partial charge on any atom is -0.369 e. The van der Waals surface area contributed by atoms with Gasteiger partial charge in [0.15, 0.2) is 0 Å². The first-order valence-electron chi connectivity index (χ1n) is 6.46. The molecule has 1 atom stereocenters. The number of benzene rings is 1. The predicted octanol–water partition coefficient (Wildman–Crippen LogP) is 1.27. The number of nitrogens with two attached hydrogens (primary N) is 2. The number of carbonyl (C=O) groups is 1. The molecule has 4 N–H and O–H groups in total. The van der Waals surface area contributed by atoms with E-state index in [1.165, 1.54) is 0 Å². The largest absolute Gasteiger partial charge is 0.369 e. The Bertz CT molecular complexity index is 353. The number of amides is 1. The first kappa shape index (κ1) is 14.7. The Kier molecular flexibility index (Phi) is 6.39. The number of unbranched alkanes of at least 4 members (excludes halogenated alkanes) is 1. The van der Waals surface area contributed by atoms with Crippen LogP contribution in [0.25, 0.3) is 0 Å². The Morgan fingerprint density at radius 1 is 1.33 bits per heavy atom. The molecule has 0 saturated carbocycles. The van der Waals surface area contributed by atoms with Crippen molar-refractivity contribution in [3.05, 3.63) is 35.9 Å². The Labute approximate surface area is 109 Å². The molecular formula is C14H23N3O. The molecule has 0 spiro atoms. The average Bonchev–Trinajstić information content (AvgIpc) is 2.37. The SMILES string of the molecule is CCCCN(CC(N)=O)C(CN)c1ccccc1. The molecule has 4 nitrogen and oxygen atoms in total. The van der Waals surface area contributed by atoms with Crippen LogP contribution in [0, 0.1) is 0 Å². The minimum atomic E-state index is -0.305. The van der Waals surface area contributed by atoms with Gasteiger partial charge in [0.2, 0.25) is 5.91 Å². The van der Waals surface area contributed by atoms with E-state index < -0.39 is 0 Å². The number of rotatable bonds is 8. The van der Waals surface area contributed by atoms with Gasteiger partial charge in [0.1, 0.15) is 0 Å². The highest BCUT2D eigenvalue weighted by Gasteiger charge is 2.19. The summed E-state index contributed by atoms with van der Waals surface area (Å²) in [5, 5.41) is 0. The van der Waals surface area contributed by atoms with Crippen molar-refractivity contribution in [2.75, 3.05) is 19.6 Å². The molecule has 1 aromatic rings. The molecule has 0 aromatic heterocycles. The van der Waals surface area contributed by atoms with Crippen LogP contribution in [0.5, 0.6) is 0 Å². The number of carbonyl (C=O) groups excluding carboxylic acids is 1. The average molecular weight is 249 g/mol. The third-order valence-corrected chi connectivity index (χ3v) is 3.01. The number of hydrogen-bond acceptors (Lipinski definition) is 3. The van der Waals surface area contributed by atoms with E-state index in [0.29, 0.717) is 6.54 Å². The van der Waals surface area contributed by atoms with E-state index in [1.807, 2.05) is 30.3 Å². The first-order chi connectivity index (χ1) is 8.69. The second kappa shape index (κ2) is 7.84. The van der Waals surface area contributed by atoms with Crippen LogP contribution in [0.3, 0.4) is 0 Å². The first-order valence-corrected chi connectivity index (χ1v) is 6.46. The molecule has 4 heteroatoms. The Morgan fingerprint density at radius 2 is 2.00 bits per heavy atom. The van der Waals surface area contributed by atoms with E-state index in [0.717, 1.165) is 24.9 Å². The zero-order valence-corrected chi connectivity index (χ0v) is 11.0. The summed E-state index contributed by atoms with van der Waals surface area (Å²) in [6, 6.07) is 10.1. The van der Waals surface area contributed by atoms with E-state index in [-0.39, 0.29) is 18.5 Å². The minimum absolute atomic E-state index is 0.0604. The fourth-order valence-electron chi connectivity index (χ4n) is 2.08. The maximum Gasteiger partial charge on any atom is 0.231 e. The number of hydrogen-bond donors (Lipinski definition) is 2. The number of nitrogens with zero attached hydrogens (tertiary/aromatic N) is 1. The van der Waals surface area contributed by atoms with Gasteiger partial charge in [0, 0.05) is 12.6 Å². The summed E-state index contributed by atoms with van der Waals surface area (Å²) in [6.45, 7) is 3.72. The van der Waals surface area contributed by atoms with Crippen LogP contribution in [-0.2, 0) is 4.79 Å². The lowest BCUT2D eigenvalue weighted by molar-refractivity contribution is -0.119. The summed E-state index contributed by atoms with van der Waals surface area (Å²) in [4.78, 5) is 13.2. The molecular weight excluding hydrogens is 226 g/mol. The zero-order chi connectivity index (χ0) is 13.4. The van der Waals surface area contributed by atoms with Crippen LogP contribution >= 0.6 is 0 Å². The second-order valence-electron chi connectivity index (χ2n) is 4.45. The van der Waals surface area contributed by atoms with Gasteiger partial charge in [-0.05, 0) is 18.5 Å². The zero-order valence-electron chi connectivity index (χ0n) is 11.0. The van der Waals surface area contributed by atoms with Crippen LogP contribution < -0.4 is 11.5 Å². The lowest BCUT2D eigenvalue weighted by Crippen LogP contribution is -2.40. The van der Waals surface area contributed by atoms with Crippen molar-refractivity contribution in [3.8, 4) is 0 Å². The van der Waals surface area contributed by atoms with E-state index in [9.17, 15) is 4.79 Å². The fraction of sp³-hybridized carbons (Fsp3) is 0.500. The lowest BCUT2D eigenvalue weighted by Gasteiger charge is -2.30. The normalized spacial score (nSPS) is 12.6. The third kappa shape index (κ3) is 4.47. The van der Waals surface area contributed by atoms with Crippen LogP contribution in [0.4, 0.5) is 0 Å². The van der Waals surface area contributed by atoms with Crippen LogP contribution in [-0.4, -0.2) is 30.4 Å². The Balaban J connectivity index is 2.82. The highest BCUT2D eigenvalue weighted by molar-refractivity contribution is 5.76. The van der Waals surface area contributed by atoms with E-state index in [2.05, 4.69) is 11.8 Å². The van der Waals surface area contributed by atoms with Crippen molar-refractivity contribution in [2.24, 2.45) is 11.5 Å². The van der Waals surface area contributed by atoms with Gasteiger partial charge in [-0.2, -0.15) is 0 Å². The van der Waals surface area contributed by atoms with Gasteiger partial charge >= 0.3 is 0 Å². The molecule has 100 valence electrons. The fourth-order valence-corrected chi connectivity index (χ4v) is 2.08. The van der Waals surface area contributed by atoms with Crippen LogP contribution in [0.15, 0.2) is 30.3 Å². The summed E-state index contributed by atoms with van der Waals surface area (Å²) in [5.41, 5.74) is 12.3. The molecule has 1 amide bonds. The summed E-state index contributed by atoms with van der Waals surface area (Å²) >= 11 is 0. The molecule has 0 bridgehead atoms. The molecule has 1 aromatic carbocycles. The molecule has 0 aliphatic rings. The van der Waals surface area contributed by atoms with Crippen molar-refractivity contribution in [3.63, 3.8) is 0 Å². The van der Waals surface area contributed by atoms with Gasteiger partial charge in [-0.3, -0.25) is 9.69 Å². The molecule has 0 fully saturated rings. The van der Waals surface area contributed by atoms with E-state index in [1.54, 1.807) is 0 Å². The van der Waals surface area contributed by atoms with Gasteiger partial charge in [0.05, 0.1) is 6.54 Å². The maximum absolute atomic E-state index is 11.2. The molecule has 0 saturated heterocycles. The third-order valence-electron chi connectivity index (χ3n) is 3.01. The van der Waals surface area contributed by atoms with Gasteiger partial charge in [0.25, 0.3) is 0 Å². The van der Waals surface area contributed by atoms with E-state index in [4.69, 9.17) is 11.5 Å².